The zero-order chi connectivity index (χ0) is 21.5. The SMILES string of the molecule is O=C(OCc1ccncc1)N1CCc2c(ncnc2NCC23CC4CC(CC(C4)C2)C3)C1. The summed E-state index contributed by atoms with van der Waals surface area (Å²) in [4.78, 5) is 27.4. The molecule has 4 fully saturated rings. The van der Waals surface area contributed by atoms with Crippen molar-refractivity contribution in [1.82, 2.24) is 19.9 Å². The lowest BCUT2D eigenvalue weighted by molar-refractivity contribution is -0.0444. The smallest absolute Gasteiger partial charge is 0.410 e. The fourth-order valence-corrected chi connectivity index (χ4v) is 7.16. The molecule has 4 bridgehead atoms. The van der Waals surface area contributed by atoms with Crippen LogP contribution < -0.4 is 5.32 Å². The predicted octanol–water partition coefficient (Wildman–Crippen LogP) is 4.19. The second-order valence-corrected chi connectivity index (χ2v) is 10.5. The van der Waals surface area contributed by atoms with E-state index in [2.05, 4.69) is 20.3 Å². The summed E-state index contributed by atoms with van der Waals surface area (Å²) in [6.07, 6.45) is 14.1. The van der Waals surface area contributed by atoms with E-state index in [1.807, 2.05) is 12.1 Å². The summed E-state index contributed by atoms with van der Waals surface area (Å²) in [5.74, 6) is 3.83. The second-order valence-electron chi connectivity index (χ2n) is 10.5. The molecule has 1 aliphatic heterocycles. The molecular formula is C25H31N5O2. The molecule has 0 spiro atoms. The van der Waals surface area contributed by atoms with Gasteiger partial charge in [-0.05, 0) is 85.8 Å². The predicted molar refractivity (Wildman–Crippen MR) is 120 cm³/mol. The molecule has 0 atom stereocenters. The van der Waals surface area contributed by atoms with Crippen LogP contribution in [-0.4, -0.2) is 39.0 Å². The Bertz CT molecular complexity index is 960. The standard InChI is InChI=1S/C25H31N5O2/c31-24(32-14-17-1-4-26-5-2-17)30-6-3-21-22(13-30)28-16-29-23(21)27-15-25-10-18-7-19(11-25)9-20(8-18)12-25/h1-2,4-5,16,18-20H,3,6-15H2,(H,27,28,29). The van der Waals surface area contributed by atoms with Crippen molar-refractivity contribution in [1.29, 1.82) is 0 Å². The highest BCUT2D eigenvalue weighted by atomic mass is 16.6. The van der Waals surface area contributed by atoms with Gasteiger partial charge < -0.3 is 15.0 Å². The minimum atomic E-state index is -0.297. The zero-order valence-electron chi connectivity index (χ0n) is 18.5. The van der Waals surface area contributed by atoms with Gasteiger partial charge in [-0.2, -0.15) is 0 Å². The average Bonchev–Trinajstić information content (AvgIpc) is 2.80. The summed E-state index contributed by atoms with van der Waals surface area (Å²) in [7, 11) is 0. The van der Waals surface area contributed by atoms with Crippen LogP contribution in [0.4, 0.5) is 10.6 Å². The third-order valence-electron chi connectivity index (χ3n) is 8.17. The lowest BCUT2D eigenvalue weighted by atomic mass is 9.49. The number of amides is 1. The van der Waals surface area contributed by atoms with Gasteiger partial charge in [-0.15, -0.1) is 0 Å². The first kappa shape index (κ1) is 19.9. The van der Waals surface area contributed by atoms with Crippen LogP contribution in [0.1, 0.15) is 55.3 Å². The van der Waals surface area contributed by atoms with Crippen molar-refractivity contribution < 1.29 is 9.53 Å². The molecule has 0 aromatic carbocycles. The number of anilines is 1. The molecule has 1 N–H and O–H groups in total. The fourth-order valence-electron chi connectivity index (χ4n) is 7.16. The first-order valence-electron chi connectivity index (χ1n) is 12.0. The third-order valence-corrected chi connectivity index (χ3v) is 8.17. The van der Waals surface area contributed by atoms with Gasteiger partial charge in [0.15, 0.2) is 0 Å². The van der Waals surface area contributed by atoms with Crippen molar-refractivity contribution in [2.45, 2.75) is 58.1 Å². The molecular weight excluding hydrogens is 402 g/mol. The minimum Gasteiger partial charge on any atom is -0.445 e. The maximum absolute atomic E-state index is 12.6. The van der Waals surface area contributed by atoms with E-state index in [-0.39, 0.29) is 12.7 Å². The van der Waals surface area contributed by atoms with Crippen molar-refractivity contribution in [3.05, 3.63) is 47.7 Å². The maximum atomic E-state index is 12.6. The lowest BCUT2D eigenvalue weighted by Gasteiger charge is -2.57. The van der Waals surface area contributed by atoms with Crippen molar-refractivity contribution in [2.24, 2.45) is 23.2 Å². The van der Waals surface area contributed by atoms with Crippen LogP contribution in [0.5, 0.6) is 0 Å². The summed E-state index contributed by atoms with van der Waals surface area (Å²) >= 11 is 0. The number of carbonyl (C=O) groups excluding carboxylic acids is 1. The number of nitrogens with one attached hydrogen (secondary N) is 1. The number of hydrogen-bond acceptors (Lipinski definition) is 6. The topological polar surface area (TPSA) is 80.2 Å². The second kappa shape index (κ2) is 8.01. The number of rotatable bonds is 5. The highest BCUT2D eigenvalue weighted by Gasteiger charge is 2.50. The number of carbonyl (C=O) groups is 1. The summed E-state index contributed by atoms with van der Waals surface area (Å²) < 4.78 is 5.50. The lowest BCUT2D eigenvalue weighted by Crippen LogP contribution is -2.49. The van der Waals surface area contributed by atoms with Crippen molar-refractivity contribution in [3.63, 3.8) is 0 Å². The van der Waals surface area contributed by atoms with Gasteiger partial charge in [0.05, 0.1) is 12.2 Å². The van der Waals surface area contributed by atoms with Crippen LogP contribution in [0.2, 0.25) is 0 Å². The molecule has 168 valence electrons. The van der Waals surface area contributed by atoms with Crippen molar-refractivity contribution in [3.8, 4) is 0 Å². The number of pyridine rings is 1. The number of aromatic nitrogens is 3. The van der Waals surface area contributed by atoms with Gasteiger partial charge in [0.2, 0.25) is 0 Å². The summed E-state index contributed by atoms with van der Waals surface area (Å²) in [6, 6.07) is 3.71. The number of fused-ring (bicyclic) bond motifs is 1. The number of hydrogen-bond donors (Lipinski definition) is 1. The molecule has 4 saturated carbocycles. The molecule has 0 unspecified atom stereocenters. The van der Waals surface area contributed by atoms with E-state index in [0.717, 1.165) is 53.4 Å². The first-order chi connectivity index (χ1) is 15.7. The van der Waals surface area contributed by atoms with Gasteiger partial charge in [-0.1, -0.05) is 0 Å². The Morgan fingerprint density at radius 2 is 1.81 bits per heavy atom. The van der Waals surface area contributed by atoms with Crippen molar-refractivity contribution >= 4 is 11.9 Å². The van der Waals surface area contributed by atoms with Crippen LogP contribution in [0.15, 0.2) is 30.9 Å². The quantitative estimate of drug-likeness (QED) is 0.761. The zero-order valence-corrected chi connectivity index (χ0v) is 18.5. The van der Waals surface area contributed by atoms with E-state index in [9.17, 15) is 4.79 Å². The van der Waals surface area contributed by atoms with Crippen LogP contribution >= 0.6 is 0 Å². The Kier molecular flexibility index (Phi) is 5.00. The molecule has 32 heavy (non-hydrogen) atoms. The molecule has 0 radical (unpaired) electrons. The molecule has 1 amide bonds. The highest BCUT2D eigenvalue weighted by molar-refractivity contribution is 5.68. The van der Waals surface area contributed by atoms with Crippen LogP contribution in [0.25, 0.3) is 0 Å². The van der Waals surface area contributed by atoms with Gasteiger partial charge in [-0.3, -0.25) is 4.98 Å². The van der Waals surface area contributed by atoms with Gasteiger partial charge in [0, 0.05) is 31.0 Å². The molecule has 0 saturated heterocycles. The summed E-state index contributed by atoms with van der Waals surface area (Å²) in [5.41, 5.74) is 3.49. The highest BCUT2D eigenvalue weighted by Crippen LogP contribution is 2.59. The molecule has 7 heteroatoms. The number of nitrogens with zero attached hydrogens (tertiary/aromatic N) is 4. The average molecular weight is 434 g/mol. The third kappa shape index (κ3) is 3.82. The normalized spacial score (nSPS) is 30.1. The van der Waals surface area contributed by atoms with Crippen molar-refractivity contribution in [2.75, 3.05) is 18.4 Å². The molecule has 2 aromatic rings. The summed E-state index contributed by atoms with van der Waals surface area (Å²) in [5, 5.41) is 3.73. The number of ether oxygens (including phenoxy) is 1. The van der Waals surface area contributed by atoms with Gasteiger partial charge >= 0.3 is 6.09 Å². The van der Waals surface area contributed by atoms with E-state index < -0.39 is 0 Å². The Morgan fingerprint density at radius 3 is 2.53 bits per heavy atom. The van der Waals surface area contributed by atoms with E-state index in [4.69, 9.17) is 4.74 Å². The van der Waals surface area contributed by atoms with E-state index >= 15 is 0 Å². The molecule has 7 nitrogen and oxygen atoms in total. The van der Waals surface area contributed by atoms with Crippen LogP contribution in [0, 0.1) is 23.2 Å². The summed E-state index contributed by atoms with van der Waals surface area (Å²) in [6.45, 7) is 2.38. The monoisotopic (exact) mass is 433 g/mol. The minimum absolute atomic E-state index is 0.256. The van der Waals surface area contributed by atoms with Crippen LogP contribution in [-0.2, 0) is 24.3 Å². The molecule has 2 aromatic heterocycles. The van der Waals surface area contributed by atoms with Gasteiger partial charge in [0.1, 0.15) is 18.8 Å². The van der Waals surface area contributed by atoms with Gasteiger partial charge in [0.25, 0.3) is 0 Å². The van der Waals surface area contributed by atoms with Gasteiger partial charge in [-0.25, -0.2) is 14.8 Å². The Balaban J connectivity index is 1.09. The fraction of sp³-hybridized carbons (Fsp3) is 0.600. The largest absolute Gasteiger partial charge is 0.445 e. The molecule has 5 aliphatic rings. The van der Waals surface area contributed by atoms with E-state index in [1.54, 1.807) is 23.6 Å². The first-order valence-corrected chi connectivity index (χ1v) is 12.0. The molecule has 3 heterocycles. The maximum Gasteiger partial charge on any atom is 0.410 e. The molecule has 4 aliphatic carbocycles. The molecule has 7 rings (SSSR count). The van der Waals surface area contributed by atoms with E-state index in [0.29, 0.717) is 18.5 Å². The Hall–Kier alpha value is -2.70. The Morgan fingerprint density at radius 1 is 1.09 bits per heavy atom. The van der Waals surface area contributed by atoms with Crippen LogP contribution in [0.3, 0.4) is 0 Å². The van der Waals surface area contributed by atoms with E-state index in [1.165, 1.54) is 38.5 Å². The Labute approximate surface area is 189 Å².